The van der Waals surface area contributed by atoms with Crippen molar-refractivity contribution >= 4 is 23.2 Å². The Labute approximate surface area is 155 Å². The van der Waals surface area contributed by atoms with Gasteiger partial charge in [0.25, 0.3) is 5.91 Å². The molecule has 6 nitrogen and oxygen atoms in total. The Bertz CT molecular complexity index is 844. The molecular formula is C19H19N3O3S. The largest absolute Gasteiger partial charge is 0.459 e. The van der Waals surface area contributed by atoms with E-state index in [-0.39, 0.29) is 24.0 Å². The highest BCUT2D eigenvalue weighted by Crippen LogP contribution is 2.15. The topological polar surface area (TPSA) is 84.2 Å². The van der Waals surface area contributed by atoms with Crippen molar-refractivity contribution < 1.29 is 14.0 Å². The van der Waals surface area contributed by atoms with Gasteiger partial charge in [-0.05, 0) is 17.7 Å². The van der Waals surface area contributed by atoms with Gasteiger partial charge in [-0.15, -0.1) is 11.3 Å². The summed E-state index contributed by atoms with van der Waals surface area (Å²) in [6.07, 6.45) is 2.44. The maximum absolute atomic E-state index is 12.0. The monoisotopic (exact) mass is 369 g/mol. The molecule has 1 aromatic carbocycles. The number of amides is 2. The fraction of sp³-hybridized carbons (Fsp3) is 0.211. The molecular weight excluding hydrogens is 350 g/mol. The average Bonchev–Trinajstić information content (AvgIpc) is 3.32. The lowest BCUT2D eigenvalue weighted by Crippen LogP contribution is -2.35. The predicted octanol–water partition coefficient (Wildman–Crippen LogP) is 2.42. The Hall–Kier alpha value is -2.93. The number of nitrogens with zero attached hydrogens (tertiary/aromatic N) is 1. The van der Waals surface area contributed by atoms with Gasteiger partial charge in [-0.1, -0.05) is 30.3 Å². The summed E-state index contributed by atoms with van der Waals surface area (Å²) < 4.78 is 4.99. The number of carbonyl (C=O) groups excluding carboxylic acids is 2. The van der Waals surface area contributed by atoms with E-state index >= 15 is 0 Å². The van der Waals surface area contributed by atoms with Gasteiger partial charge in [0, 0.05) is 24.9 Å². The zero-order valence-corrected chi connectivity index (χ0v) is 14.9. The first kappa shape index (κ1) is 17.9. The molecule has 0 saturated heterocycles. The molecule has 2 aromatic heterocycles. The summed E-state index contributed by atoms with van der Waals surface area (Å²) in [5.74, 6) is -0.159. The molecule has 0 atom stereocenters. The standard InChI is InChI=1S/C19H19N3O3S/c23-17(20-8-9-21-19(24)16-7-4-10-25-16)12-15-13-26-18(22-15)11-14-5-2-1-3-6-14/h1-7,10,13H,8-9,11-12H2,(H,20,23)(H,21,24). The second-order valence-electron chi connectivity index (χ2n) is 5.65. The van der Waals surface area contributed by atoms with E-state index in [1.54, 1.807) is 23.5 Å². The molecule has 0 radical (unpaired) electrons. The van der Waals surface area contributed by atoms with Gasteiger partial charge in [-0.25, -0.2) is 4.98 Å². The first-order valence-corrected chi connectivity index (χ1v) is 9.14. The van der Waals surface area contributed by atoms with Crippen molar-refractivity contribution in [3.05, 3.63) is 76.1 Å². The number of aromatic nitrogens is 1. The number of thiazole rings is 1. The van der Waals surface area contributed by atoms with Crippen LogP contribution in [0.25, 0.3) is 0 Å². The van der Waals surface area contributed by atoms with Crippen LogP contribution in [-0.2, 0) is 17.6 Å². The second kappa shape index (κ2) is 8.96. The van der Waals surface area contributed by atoms with Crippen molar-refractivity contribution in [2.75, 3.05) is 13.1 Å². The molecule has 0 aliphatic carbocycles. The molecule has 2 N–H and O–H groups in total. The number of hydrogen-bond acceptors (Lipinski definition) is 5. The van der Waals surface area contributed by atoms with E-state index in [1.807, 2.05) is 23.6 Å². The SMILES string of the molecule is O=C(Cc1csc(Cc2ccccc2)n1)NCCNC(=O)c1ccco1. The Morgan fingerprint density at radius 2 is 1.85 bits per heavy atom. The molecule has 0 spiro atoms. The van der Waals surface area contributed by atoms with E-state index in [1.165, 1.54) is 11.8 Å². The minimum Gasteiger partial charge on any atom is -0.459 e. The Balaban J connectivity index is 1.38. The fourth-order valence-electron chi connectivity index (χ4n) is 2.38. The molecule has 0 aliphatic rings. The van der Waals surface area contributed by atoms with Crippen molar-refractivity contribution in [3.63, 3.8) is 0 Å². The Morgan fingerprint density at radius 3 is 2.62 bits per heavy atom. The van der Waals surface area contributed by atoms with Gasteiger partial charge < -0.3 is 15.1 Å². The molecule has 26 heavy (non-hydrogen) atoms. The molecule has 3 aromatic rings. The quantitative estimate of drug-likeness (QED) is 0.597. The summed E-state index contributed by atoms with van der Waals surface area (Å²) in [7, 11) is 0. The van der Waals surface area contributed by atoms with Crippen LogP contribution in [0.2, 0.25) is 0 Å². The molecule has 7 heteroatoms. The molecule has 0 unspecified atom stereocenters. The number of nitrogens with one attached hydrogen (secondary N) is 2. The molecule has 2 heterocycles. The molecule has 0 aliphatic heterocycles. The first-order valence-electron chi connectivity index (χ1n) is 8.26. The maximum Gasteiger partial charge on any atom is 0.287 e. The lowest BCUT2D eigenvalue weighted by atomic mass is 10.2. The van der Waals surface area contributed by atoms with Gasteiger partial charge in [-0.2, -0.15) is 0 Å². The lowest BCUT2D eigenvalue weighted by Gasteiger charge is -2.05. The van der Waals surface area contributed by atoms with Gasteiger partial charge in [0.05, 0.1) is 23.4 Å². The summed E-state index contributed by atoms with van der Waals surface area (Å²) in [6, 6.07) is 13.3. The van der Waals surface area contributed by atoms with Gasteiger partial charge in [0.2, 0.25) is 5.91 Å². The molecule has 3 rings (SSSR count). The van der Waals surface area contributed by atoms with Crippen LogP contribution in [0, 0.1) is 0 Å². The Kier molecular flexibility index (Phi) is 6.16. The van der Waals surface area contributed by atoms with E-state index < -0.39 is 0 Å². The van der Waals surface area contributed by atoms with Crippen molar-refractivity contribution in [1.29, 1.82) is 0 Å². The summed E-state index contributed by atoms with van der Waals surface area (Å²) in [5, 5.41) is 8.35. The minimum absolute atomic E-state index is 0.117. The van der Waals surface area contributed by atoms with Crippen molar-refractivity contribution in [3.8, 4) is 0 Å². The molecule has 0 saturated carbocycles. The first-order chi connectivity index (χ1) is 12.7. The highest BCUT2D eigenvalue weighted by molar-refractivity contribution is 7.09. The summed E-state index contributed by atoms with van der Waals surface area (Å²) in [4.78, 5) is 28.2. The average molecular weight is 369 g/mol. The summed E-state index contributed by atoms with van der Waals surface area (Å²) in [5.41, 5.74) is 1.96. The van der Waals surface area contributed by atoms with Crippen molar-refractivity contribution in [2.24, 2.45) is 0 Å². The van der Waals surface area contributed by atoms with Gasteiger partial charge in [-0.3, -0.25) is 9.59 Å². The number of furan rings is 1. The van der Waals surface area contributed by atoms with Crippen LogP contribution in [0.4, 0.5) is 0 Å². The van der Waals surface area contributed by atoms with Crippen molar-refractivity contribution in [1.82, 2.24) is 15.6 Å². The van der Waals surface area contributed by atoms with Crippen LogP contribution in [0.15, 0.2) is 58.5 Å². The smallest absolute Gasteiger partial charge is 0.287 e. The van der Waals surface area contributed by atoms with Gasteiger partial charge in [0.15, 0.2) is 5.76 Å². The zero-order chi connectivity index (χ0) is 18.2. The van der Waals surface area contributed by atoms with E-state index in [0.717, 1.165) is 17.1 Å². The van der Waals surface area contributed by atoms with Gasteiger partial charge >= 0.3 is 0 Å². The van der Waals surface area contributed by atoms with Crippen LogP contribution >= 0.6 is 11.3 Å². The predicted molar refractivity (Wildman–Crippen MR) is 99.1 cm³/mol. The van der Waals surface area contributed by atoms with Crippen LogP contribution in [0.5, 0.6) is 0 Å². The Morgan fingerprint density at radius 1 is 1.04 bits per heavy atom. The normalized spacial score (nSPS) is 10.5. The van der Waals surface area contributed by atoms with Crippen LogP contribution in [0.1, 0.15) is 26.8 Å². The van der Waals surface area contributed by atoms with E-state index in [4.69, 9.17) is 4.42 Å². The molecule has 0 bridgehead atoms. The number of benzene rings is 1. The number of carbonyl (C=O) groups is 2. The lowest BCUT2D eigenvalue weighted by molar-refractivity contribution is -0.120. The molecule has 0 fully saturated rings. The maximum atomic E-state index is 12.0. The highest BCUT2D eigenvalue weighted by Gasteiger charge is 2.09. The number of hydrogen-bond donors (Lipinski definition) is 2. The third-order valence-electron chi connectivity index (χ3n) is 3.62. The minimum atomic E-state index is -0.297. The zero-order valence-electron chi connectivity index (χ0n) is 14.1. The van der Waals surface area contributed by atoms with E-state index in [0.29, 0.717) is 13.1 Å². The molecule has 134 valence electrons. The third kappa shape index (κ3) is 5.29. The number of rotatable bonds is 8. The summed E-state index contributed by atoms with van der Waals surface area (Å²) in [6.45, 7) is 0.688. The highest BCUT2D eigenvalue weighted by atomic mass is 32.1. The van der Waals surface area contributed by atoms with Crippen molar-refractivity contribution in [2.45, 2.75) is 12.8 Å². The van der Waals surface area contributed by atoms with E-state index in [2.05, 4.69) is 27.8 Å². The van der Waals surface area contributed by atoms with Crippen LogP contribution < -0.4 is 10.6 Å². The summed E-state index contributed by atoms with van der Waals surface area (Å²) >= 11 is 1.56. The van der Waals surface area contributed by atoms with Crippen LogP contribution in [-0.4, -0.2) is 29.9 Å². The van der Waals surface area contributed by atoms with E-state index in [9.17, 15) is 9.59 Å². The molecule has 2 amide bonds. The second-order valence-corrected chi connectivity index (χ2v) is 6.60. The van der Waals surface area contributed by atoms with Gasteiger partial charge in [0.1, 0.15) is 0 Å². The third-order valence-corrected chi connectivity index (χ3v) is 4.51. The fourth-order valence-corrected chi connectivity index (χ4v) is 3.21. The van der Waals surface area contributed by atoms with Crippen LogP contribution in [0.3, 0.4) is 0 Å².